The Morgan fingerprint density at radius 2 is 2.06 bits per heavy atom. The van der Waals surface area contributed by atoms with Crippen molar-refractivity contribution in [2.75, 3.05) is 18.5 Å². The van der Waals surface area contributed by atoms with E-state index < -0.39 is 0 Å². The highest BCUT2D eigenvalue weighted by Gasteiger charge is 2.13. The molecule has 90 valence electrons. The van der Waals surface area contributed by atoms with Crippen molar-refractivity contribution >= 4 is 27.4 Å². The molecule has 0 aromatic carbocycles. The number of nitrogens with zero attached hydrogens (tertiary/aromatic N) is 3. The van der Waals surface area contributed by atoms with Crippen LogP contribution >= 0.6 is 11.3 Å². The van der Waals surface area contributed by atoms with E-state index in [4.69, 9.17) is 0 Å². The molecule has 1 saturated heterocycles. The quantitative estimate of drug-likeness (QED) is 0.887. The Bertz CT molecular complexity index is 516. The van der Waals surface area contributed by atoms with Crippen LogP contribution in [0.5, 0.6) is 0 Å². The second kappa shape index (κ2) is 4.58. The van der Waals surface area contributed by atoms with Crippen molar-refractivity contribution in [2.24, 2.45) is 0 Å². The van der Waals surface area contributed by atoms with E-state index in [1.807, 2.05) is 0 Å². The number of fused-ring (bicyclic) bond motifs is 1. The van der Waals surface area contributed by atoms with Gasteiger partial charge in [0.15, 0.2) is 5.82 Å². The van der Waals surface area contributed by atoms with Crippen LogP contribution in [-0.2, 0) is 0 Å². The van der Waals surface area contributed by atoms with Crippen molar-refractivity contribution in [1.82, 2.24) is 15.0 Å². The summed E-state index contributed by atoms with van der Waals surface area (Å²) in [5.41, 5.74) is 5.73. The molecule has 1 aliphatic heterocycles. The predicted molar refractivity (Wildman–Crippen MR) is 71.2 cm³/mol. The fourth-order valence-corrected chi connectivity index (χ4v) is 3.15. The molecule has 0 spiro atoms. The third-order valence-electron chi connectivity index (χ3n) is 3.15. The number of anilines is 1. The number of aryl methyl sites for hydroxylation is 1. The van der Waals surface area contributed by atoms with Gasteiger partial charge in [0.1, 0.15) is 6.33 Å². The molecule has 2 aromatic rings. The molecule has 0 atom stereocenters. The lowest BCUT2D eigenvalue weighted by atomic mass is 10.2. The number of rotatable bonds is 2. The molecule has 3 rings (SSSR count). The van der Waals surface area contributed by atoms with E-state index in [0.717, 1.165) is 29.1 Å². The minimum absolute atomic E-state index is 0.954. The Kier molecular flexibility index (Phi) is 2.94. The molecule has 5 heteroatoms. The van der Waals surface area contributed by atoms with Gasteiger partial charge in [0, 0.05) is 13.1 Å². The summed E-state index contributed by atoms with van der Waals surface area (Å²) in [6.45, 7) is 4.31. The van der Waals surface area contributed by atoms with Gasteiger partial charge in [-0.1, -0.05) is 6.42 Å². The molecule has 0 radical (unpaired) electrons. The SMILES string of the molecule is Cc1csc2c(NN3CCCCC3)ncnc12. The number of nitrogens with one attached hydrogen (secondary N) is 1. The Balaban J connectivity index is 1.89. The predicted octanol–water partition coefficient (Wildman–Crippen LogP) is 2.81. The van der Waals surface area contributed by atoms with Crippen molar-refractivity contribution in [1.29, 1.82) is 0 Å². The third-order valence-corrected chi connectivity index (χ3v) is 4.24. The number of aromatic nitrogens is 2. The summed E-state index contributed by atoms with van der Waals surface area (Å²) >= 11 is 1.71. The first-order valence-electron chi connectivity index (χ1n) is 6.05. The molecule has 0 amide bonds. The minimum atomic E-state index is 0.954. The van der Waals surface area contributed by atoms with Crippen molar-refractivity contribution in [2.45, 2.75) is 26.2 Å². The van der Waals surface area contributed by atoms with Crippen LogP contribution < -0.4 is 5.43 Å². The molecular weight excluding hydrogens is 232 g/mol. The van der Waals surface area contributed by atoms with Gasteiger partial charge in [-0.05, 0) is 30.7 Å². The number of hydrogen-bond acceptors (Lipinski definition) is 5. The standard InChI is InChI=1S/C12H16N4S/c1-9-7-17-11-10(9)13-8-14-12(11)15-16-5-3-2-4-6-16/h7-8H,2-6H2,1H3,(H,13,14,15). The van der Waals surface area contributed by atoms with Crippen molar-refractivity contribution in [3.63, 3.8) is 0 Å². The van der Waals surface area contributed by atoms with E-state index >= 15 is 0 Å². The van der Waals surface area contributed by atoms with Crippen LogP contribution in [0.15, 0.2) is 11.7 Å². The molecule has 4 nitrogen and oxygen atoms in total. The molecule has 1 aliphatic rings. The van der Waals surface area contributed by atoms with Gasteiger partial charge in [0.05, 0.1) is 10.2 Å². The molecule has 0 aliphatic carbocycles. The molecule has 0 saturated carbocycles. The first-order chi connectivity index (χ1) is 8.34. The summed E-state index contributed by atoms with van der Waals surface area (Å²) in [4.78, 5) is 8.70. The molecule has 17 heavy (non-hydrogen) atoms. The second-order valence-electron chi connectivity index (χ2n) is 4.48. The maximum absolute atomic E-state index is 4.36. The summed E-state index contributed by atoms with van der Waals surface area (Å²) in [5, 5.41) is 4.40. The second-order valence-corrected chi connectivity index (χ2v) is 5.36. The summed E-state index contributed by atoms with van der Waals surface area (Å²) in [6, 6.07) is 0. The smallest absolute Gasteiger partial charge is 0.161 e. The van der Waals surface area contributed by atoms with Crippen molar-refractivity contribution < 1.29 is 0 Å². The minimum Gasteiger partial charge on any atom is -0.302 e. The molecule has 3 heterocycles. The zero-order valence-corrected chi connectivity index (χ0v) is 10.8. The van der Waals surface area contributed by atoms with Gasteiger partial charge < -0.3 is 5.43 Å². The third kappa shape index (κ3) is 2.12. The zero-order valence-electron chi connectivity index (χ0n) is 9.94. The fraction of sp³-hybridized carbons (Fsp3) is 0.500. The Labute approximate surface area is 105 Å². The number of hydrazine groups is 1. The highest BCUT2D eigenvalue weighted by atomic mass is 32.1. The van der Waals surface area contributed by atoms with Gasteiger partial charge in [-0.3, -0.25) is 0 Å². The van der Waals surface area contributed by atoms with Crippen LogP contribution in [0.1, 0.15) is 24.8 Å². The largest absolute Gasteiger partial charge is 0.302 e. The Hall–Kier alpha value is -1.20. The lowest BCUT2D eigenvalue weighted by Crippen LogP contribution is -2.35. The van der Waals surface area contributed by atoms with Crippen LogP contribution in [0, 0.1) is 6.92 Å². The number of hydrogen-bond donors (Lipinski definition) is 1. The Morgan fingerprint density at radius 3 is 2.88 bits per heavy atom. The average Bonchev–Trinajstić information content (AvgIpc) is 2.74. The van der Waals surface area contributed by atoms with E-state index in [2.05, 4.69) is 32.7 Å². The lowest BCUT2D eigenvalue weighted by Gasteiger charge is -2.27. The van der Waals surface area contributed by atoms with Crippen LogP contribution in [0.3, 0.4) is 0 Å². The summed E-state index contributed by atoms with van der Waals surface area (Å²) in [6.07, 6.45) is 5.53. The van der Waals surface area contributed by atoms with E-state index in [0.29, 0.717) is 0 Å². The van der Waals surface area contributed by atoms with E-state index in [9.17, 15) is 0 Å². The lowest BCUT2D eigenvalue weighted by molar-refractivity contribution is 0.272. The first-order valence-corrected chi connectivity index (χ1v) is 6.93. The van der Waals surface area contributed by atoms with E-state index in [1.165, 1.54) is 24.8 Å². The average molecular weight is 248 g/mol. The number of piperidine rings is 1. The molecule has 0 bridgehead atoms. The molecule has 1 fully saturated rings. The summed E-state index contributed by atoms with van der Waals surface area (Å²) in [7, 11) is 0. The molecule has 1 N–H and O–H groups in total. The van der Waals surface area contributed by atoms with Gasteiger partial charge in [-0.25, -0.2) is 15.0 Å². The normalized spacial score (nSPS) is 17.5. The van der Waals surface area contributed by atoms with Crippen molar-refractivity contribution in [3.05, 3.63) is 17.3 Å². The van der Waals surface area contributed by atoms with Gasteiger partial charge in [-0.2, -0.15) is 0 Å². The van der Waals surface area contributed by atoms with Crippen LogP contribution in [-0.4, -0.2) is 28.1 Å². The maximum Gasteiger partial charge on any atom is 0.161 e. The van der Waals surface area contributed by atoms with Crippen LogP contribution in [0.25, 0.3) is 10.2 Å². The fourth-order valence-electron chi connectivity index (χ4n) is 2.20. The highest BCUT2D eigenvalue weighted by Crippen LogP contribution is 2.28. The molecular formula is C12H16N4S. The topological polar surface area (TPSA) is 41.0 Å². The maximum atomic E-state index is 4.36. The van der Waals surface area contributed by atoms with E-state index in [1.54, 1.807) is 17.7 Å². The van der Waals surface area contributed by atoms with Crippen LogP contribution in [0.2, 0.25) is 0 Å². The number of thiophene rings is 1. The van der Waals surface area contributed by atoms with Gasteiger partial charge in [0.25, 0.3) is 0 Å². The molecule has 2 aromatic heterocycles. The highest BCUT2D eigenvalue weighted by molar-refractivity contribution is 7.17. The van der Waals surface area contributed by atoms with Crippen LogP contribution in [0.4, 0.5) is 5.82 Å². The van der Waals surface area contributed by atoms with Gasteiger partial charge in [-0.15, -0.1) is 11.3 Å². The zero-order chi connectivity index (χ0) is 11.7. The molecule has 0 unspecified atom stereocenters. The van der Waals surface area contributed by atoms with E-state index in [-0.39, 0.29) is 0 Å². The van der Waals surface area contributed by atoms with Gasteiger partial charge in [0.2, 0.25) is 0 Å². The monoisotopic (exact) mass is 248 g/mol. The summed E-state index contributed by atoms with van der Waals surface area (Å²) < 4.78 is 1.16. The Morgan fingerprint density at radius 1 is 1.24 bits per heavy atom. The van der Waals surface area contributed by atoms with Crippen molar-refractivity contribution in [3.8, 4) is 0 Å². The van der Waals surface area contributed by atoms with Gasteiger partial charge >= 0.3 is 0 Å². The first kappa shape index (κ1) is 10.9. The summed E-state index contributed by atoms with van der Waals surface area (Å²) in [5.74, 6) is 0.954.